The van der Waals surface area contributed by atoms with Crippen LogP contribution in [-0.2, 0) is 0 Å². The van der Waals surface area contributed by atoms with Gasteiger partial charge >= 0.3 is 0 Å². The van der Waals surface area contributed by atoms with E-state index in [0.29, 0.717) is 0 Å². The minimum Gasteiger partial charge on any atom is -0.138 e. The molecule has 17 heavy (non-hydrogen) atoms. The molecule has 0 aliphatic heterocycles. The lowest BCUT2D eigenvalue weighted by Gasteiger charge is -2.16. The summed E-state index contributed by atoms with van der Waals surface area (Å²) in [7, 11) is 2.87. The van der Waals surface area contributed by atoms with E-state index in [1.807, 2.05) is 0 Å². The first-order valence-corrected chi connectivity index (χ1v) is 8.86. The third-order valence-electron chi connectivity index (χ3n) is 3.75. The van der Waals surface area contributed by atoms with Gasteiger partial charge in [0.2, 0.25) is 0 Å². The molecule has 0 fully saturated rings. The van der Waals surface area contributed by atoms with E-state index in [2.05, 4.69) is 23.1 Å². The van der Waals surface area contributed by atoms with E-state index < -0.39 is 0 Å². The normalized spacial score (nSPS) is 12.9. The fraction of sp³-hybridized carbons (Fsp3) is 1.00. The second-order valence-corrected chi connectivity index (χ2v) is 6.07. The first-order chi connectivity index (χ1) is 8.35. The largest absolute Gasteiger partial charge is 0.138 e. The van der Waals surface area contributed by atoms with Gasteiger partial charge in [-0.3, -0.25) is 0 Å². The highest BCUT2D eigenvalue weighted by Gasteiger charge is 2.07. The maximum atomic E-state index is 2.87. The van der Waals surface area contributed by atoms with Gasteiger partial charge in [0.15, 0.2) is 0 Å². The smallest absolute Gasteiger partial charge is 0.0381 e. The minimum atomic E-state index is 1.03. The van der Waals surface area contributed by atoms with E-state index in [9.17, 15) is 0 Å². The van der Waals surface area contributed by atoms with Crippen LogP contribution in [0.25, 0.3) is 0 Å². The van der Waals surface area contributed by atoms with E-state index in [4.69, 9.17) is 0 Å². The van der Waals surface area contributed by atoms with Crippen LogP contribution in [0.5, 0.6) is 0 Å². The lowest BCUT2D eigenvalue weighted by Crippen LogP contribution is -2.01. The summed E-state index contributed by atoms with van der Waals surface area (Å²) in [5.41, 5.74) is 0. The summed E-state index contributed by atoms with van der Waals surface area (Å²) in [4.78, 5) is 0. The van der Waals surface area contributed by atoms with Crippen LogP contribution in [-0.4, -0.2) is 6.16 Å². The molecule has 0 aromatic rings. The van der Waals surface area contributed by atoms with E-state index in [0.717, 1.165) is 5.92 Å². The van der Waals surface area contributed by atoms with Crippen molar-refractivity contribution in [3.05, 3.63) is 0 Å². The molecule has 0 bridgehead atoms. The second-order valence-electron chi connectivity index (χ2n) is 5.50. The molecule has 0 aromatic carbocycles. The summed E-state index contributed by atoms with van der Waals surface area (Å²) >= 11 is 0. The number of hydrogen-bond acceptors (Lipinski definition) is 0. The molecule has 0 N–H and O–H groups in total. The Morgan fingerprint density at radius 3 is 1.82 bits per heavy atom. The predicted molar refractivity (Wildman–Crippen MR) is 84.8 cm³/mol. The lowest BCUT2D eigenvalue weighted by atomic mass is 9.91. The van der Waals surface area contributed by atoms with E-state index in [1.54, 1.807) is 0 Å². The van der Waals surface area contributed by atoms with Gasteiger partial charge in [-0.25, -0.2) is 0 Å². The van der Waals surface area contributed by atoms with E-state index in [1.165, 1.54) is 83.2 Å². The molecule has 0 saturated carbocycles. The van der Waals surface area contributed by atoms with Crippen molar-refractivity contribution in [3.8, 4) is 0 Å². The van der Waals surface area contributed by atoms with Gasteiger partial charge in [0.25, 0.3) is 0 Å². The zero-order valence-corrected chi connectivity index (χ0v) is 13.5. The van der Waals surface area contributed by atoms with Gasteiger partial charge in [-0.2, -0.15) is 0 Å². The third kappa shape index (κ3) is 12.7. The molecule has 0 amide bonds. The van der Waals surface area contributed by atoms with Crippen molar-refractivity contribution < 1.29 is 0 Å². The Bertz CT molecular complexity index is 125. The quantitative estimate of drug-likeness (QED) is 0.272. The van der Waals surface area contributed by atoms with E-state index in [-0.39, 0.29) is 0 Å². The molecule has 0 heterocycles. The topological polar surface area (TPSA) is 0 Å². The van der Waals surface area contributed by atoms with Crippen molar-refractivity contribution in [2.75, 3.05) is 6.16 Å². The summed E-state index contributed by atoms with van der Waals surface area (Å²) in [5.74, 6) is 1.03. The predicted octanol–water partition coefficient (Wildman–Crippen LogP) is 6.20. The van der Waals surface area contributed by atoms with Crippen LogP contribution in [0.15, 0.2) is 0 Å². The summed E-state index contributed by atoms with van der Waals surface area (Å²) in [6.07, 6.45) is 18.7. The van der Waals surface area contributed by atoms with Crippen molar-refractivity contribution in [1.29, 1.82) is 0 Å². The van der Waals surface area contributed by atoms with Gasteiger partial charge in [-0.05, 0) is 18.5 Å². The monoisotopic (exact) mass is 258 g/mol. The fourth-order valence-corrected chi connectivity index (χ4v) is 2.78. The van der Waals surface area contributed by atoms with Gasteiger partial charge in [-0.15, -0.1) is 9.24 Å². The molecular formula is C16H35P. The van der Waals surface area contributed by atoms with Crippen LogP contribution in [0.1, 0.15) is 90.9 Å². The number of rotatable bonds is 13. The average molecular weight is 258 g/mol. The summed E-state index contributed by atoms with van der Waals surface area (Å²) in [5, 5.41) is 0. The van der Waals surface area contributed by atoms with Gasteiger partial charge in [0.05, 0.1) is 0 Å². The van der Waals surface area contributed by atoms with Crippen molar-refractivity contribution >= 4 is 9.24 Å². The van der Waals surface area contributed by atoms with Crippen LogP contribution >= 0.6 is 9.24 Å². The average Bonchev–Trinajstić information content (AvgIpc) is 2.35. The highest BCUT2D eigenvalue weighted by molar-refractivity contribution is 7.16. The number of hydrogen-bond donors (Lipinski definition) is 0. The van der Waals surface area contributed by atoms with E-state index >= 15 is 0 Å². The number of unbranched alkanes of at least 4 members (excludes halogenated alkanes) is 6. The maximum absolute atomic E-state index is 2.87. The zero-order chi connectivity index (χ0) is 12.8. The molecule has 0 aliphatic carbocycles. The Hall–Kier alpha value is 0.430. The Morgan fingerprint density at radius 2 is 1.18 bits per heavy atom. The van der Waals surface area contributed by atoms with Crippen LogP contribution in [0.2, 0.25) is 0 Å². The SMILES string of the molecule is CCCCCCCCC(CCCC)CCCP. The minimum absolute atomic E-state index is 1.03. The van der Waals surface area contributed by atoms with Crippen molar-refractivity contribution in [2.45, 2.75) is 90.9 Å². The molecule has 1 heteroatoms. The summed E-state index contributed by atoms with van der Waals surface area (Å²) in [6.45, 7) is 4.61. The van der Waals surface area contributed by atoms with Gasteiger partial charge in [-0.1, -0.05) is 84.5 Å². The molecule has 0 aliphatic rings. The highest BCUT2D eigenvalue weighted by atomic mass is 31.0. The van der Waals surface area contributed by atoms with Gasteiger partial charge < -0.3 is 0 Å². The van der Waals surface area contributed by atoms with Crippen molar-refractivity contribution in [2.24, 2.45) is 5.92 Å². The zero-order valence-electron chi connectivity index (χ0n) is 12.3. The molecule has 2 atom stereocenters. The Balaban J connectivity index is 3.45. The van der Waals surface area contributed by atoms with Crippen LogP contribution in [0, 0.1) is 5.92 Å². The Kier molecular flexibility index (Phi) is 14.9. The molecule has 0 radical (unpaired) electrons. The summed E-state index contributed by atoms with van der Waals surface area (Å²) < 4.78 is 0. The van der Waals surface area contributed by atoms with Crippen LogP contribution in [0.3, 0.4) is 0 Å². The Morgan fingerprint density at radius 1 is 0.647 bits per heavy atom. The lowest BCUT2D eigenvalue weighted by molar-refractivity contribution is 0.384. The molecule has 104 valence electrons. The van der Waals surface area contributed by atoms with Gasteiger partial charge in [0, 0.05) is 0 Å². The molecule has 0 spiro atoms. The first-order valence-electron chi connectivity index (χ1n) is 8.05. The first kappa shape index (κ1) is 17.4. The van der Waals surface area contributed by atoms with Crippen molar-refractivity contribution in [3.63, 3.8) is 0 Å². The van der Waals surface area contributed by atoms with Crippen LogP contribution in [0.4, 0.5) is 0 Å². The standard InChI is InChI=1S/C16H35P/c1-3-5-7-8-9-10-13-16(12-6-4-2)14-11-15-17/h16H,3-15,17H2,1-2H3. The molecule has 0 nitrogen and oxygen atoms in total. The molecule has 0 rings (SSSR count). The second kappa shape index (κ2) is 14.5. The molecule has 2 unspecified atom stereocenters. The Labute approximate surface area is 113 Å². The molecular weight excluding hydrogens is 223 g/mol. The maximum Gasteiger partial charge on any atom is -0.0381 e. The summed E-state index contributed by atoms with van der Waals surface area (Å²) in [6, 6.07) is 0. The third-order valence-corrected chi connectivity index (χ3v) is 4.16. The van der Waals surface area contributed by atoms with Crippen molar-refractivity contribution in [1.82, 2.24) is 0 Å². The fourth-order valence-electron chi connectivity index (χ4n) is 2.55. The van der Waals surface area contributed by atoms with Crippen LogP contribution < -0.4 is 0 Å². The highest BCUT2D eigenvalue weighted by Crippen LogP contribution is 2.22. The molecule has 0 aromatic heterocycles. The molecule has 0 saturated heterocycles. The van der Waals surface area contributed by atoms with Gasteiger partial charge in [0.1, 0.15) is 0 Å².